The summed E-state index contributed by atoms with van der Waals surface area (Å²) in [5.74, 6) is 1.78. The van der Waals surface area contributed by atoms with Crippen molar-refractivity contribution in [3.8, 4) is 17.1 Å². The monoisotopic (exact) mass is 393 g/mol. The lowest BCUT2D eigenvalue weighted by molar-refractivity contribution is -0.136. The second kappa shape index (κ2) is 7.27. The van der Waals surface area contributed by atoms with Gasteiger partial charge in [0.2, 0.25) is 0 Å². The molecule has 7 nitrogen and oxygen atoms in total. The highest BCUT2D eigenvalue weighted by atomic mass is 19.1. The van der Waals surface area contributed by atoms with E-state index in [9.17, 15) is 9.18 Å². The first-order valence-corrected chi connectivity index (χ1v) is 9.71. The number of nitrogens with zero attached hydrogens (tertiary/aromatic N) is 5. The van der Waals surface area contributed by atoms with Gasteiger partial charge in [-0.1, -0.05) is 0 Å². The summed E-state index contributed by atoms with van der Waals surface area (Å²) >= 11 is 0. The number of halogens is 1. The molecule has 1 fully saturated rings. The van der Waals surface area contributed by atoms with Crippen LogP contribution in [0.5, 0.6) is 5.75 Å². The quantitative estimate of drug-likeness (QED) is 0.681. The van der Waals surface area contributed by atoms with Gasteiger partial charge in [-0.25, -0.2) is 4.39 Å². The molecule has 3 aromatic rings. The summed E-state index contributed by atoms with van der Waals surface area (Å²) in [7, 11) is 0. The molecule has 0 saturated carbocycles. The van der Waals surface area contributed by atoms with Gasteiger partial charge >= 0.3 is 0 Å². The first-order valence-electron chi connectivity index (χ1n) is 9.71. The van der Waals surface area contributed by atoms with E-state index in [0.717, 1.165) is 30.1 Å². The van der Waals surface area contributed by atoms with Gasteiger partial charge in [0.1, 0.15) is 17.4 Å². The van der Waals surface area contributed by atoms with Crippen molar-refractivity contribution in [1.29, 1.82) is 0 Å². The Hall–Kier alpha value is -3.29. The number of pyridine rings is 1. The van der Waals surface area contributed by atoms with E-state index in [4.69, 9.17) is 4.74 Å². The molecule has 1 aromatic carbocycles. The first-order chi connectivity index (χ1) is 14.2. The molecule has 148 valence electrons. The van der Waals surface area contributed by atoms with Crippen LogP contribution in [0.3, 0.4) is 0 Å². The van der Waals surface area contributed by atoms with Gasteiger partial charge in [0.05, 0.1) is 6.04 Å². The zero-order valence-electron chi connectivity index (χ0n) is 15.7. The van der Waals surface area contributed by atoms with Crippen LogP contribution in [0.2, 0.25) is 0 Å². The highest BCUT2D eigenvalue weighted by Crippen LogP contribution is 2.33. The van der Waals surface area contributed by atoms with E-state index in [2.05, 4.69) is 19.7 Å². The molecule has 0 spiro atoms. The third kappa shape index (κ3) is 3.35. The van der Waals surface area contributed by atoms with E-state index in [1.165, 1.54) is 24.3 Å². The van der Waals surface area contributed by atoms with E-state index < -0.39 is 0 Å². The zero-order chi connectivity index (χ0) is 19.8. The van der Waals surface area contributed by atoms with Crippen LogP contribution in [-0.4, -0.2) is 49.2 Å². The standard InChI is InChI=1S/C21H20FN5O2/c22-15-3-7-18(8-4-15)29-13-20(28)27-16-5-6-17(27)12-26-19(10-16)24-25-21(26)14-2-1-9-23-11-14/h1-4,7-9,11,16-17H,5-6,10,12-13H2. The van der Waals surface area contributed by atoms with Gasteiger partial charge in [0, 0.05) is 37.0 Å². The van der Waals surface area contributed by atoms with Gasteiger partial charge in [-0.15, -0.1) is 10.2 Å². The average Bonchev–Trinajstić information content (AvgIpc) is 3.27. The molecule has 0 N–H and O–H groups in total. The third-order valence-corrected chi connectivity index (χ3v) is 5.64. The average molecular weight is 393 g/mol. The van der Waals surface area contributed by atoms with E-state index >= 15 is 0 Å². The van der Waals surface area contributed by atoms with Crippen LogP contribution in [0, 0.1) is 5.82 Å². The number of aromatic nitrogens is 4. The van der Waals surface area contributed by atoms with Crippen molar-refractivity contribution in [2.24, 2.45) is 0 Å². The Morgan fingerprint density at radius 3 is 2.76 bits per heavy atom. The van der Waals surface area contributed by atoms with Crippen LogP contribution in [-0.2, 0) is 17.8 Å². The van der Waals surface area contributed by atoms with Crippen LogP contribution in [0.4, 0.5) is 4.39 Å². The maximum absolute atomic E-state index is 13.0. The second-order valence-corrected chi connectivity index (χ2v) is 7.42. The molecule has 0 aliphatic carbocycles. The lowest BCUT2D eigenvalue weighted by Gasteiger charge is -2.28. The minimum atomic E-state index is -0.332. The minimum absolute atomic E-state index is 0.0523. The van der Waals surface area contributed by atoms with Gasteiger partial charge in [-0.3, -0.25) is 9.78 Å². The van der Waals surface area contributed by atoms with Crippen molar-refractivity contribution in [2.45, 2.75) is 37.9 Å². The largest absolute Gasteiger partial charge is 0.484 e. The summed E-state index contributed by atoms with van der Waals surface area (Å²) in [5, 5.41) is 8.76. The lowest BCUT2D eigenvalue weighted by atomic mass is 10.1. The molecule has 29 heavy (non-hydrogen) atoms. The normalized spacial score (nSPS) is 20.2. The highest BCUT2D eigenvalue weighted by Gasteiger charge is 2.41. The van der Waals surface area contributed by atoms with Crippen LogP contribution >= 0.6 is 0 Å². The maximum atomic E-state index is 13.0. The number of ether oxygens (including phenoxy) is 1. The molecule has 2 unspecified atom stereocenters. The molecule has 2 aliphatic rings. The lowest BCUT2D eigenvalue weighted by Crippen LogP contribution is -2.44. The van der Waals surface area contributed by atoms with E-state index in [1.807, 2.05) is 17.0 Å². The predicted octanol–water partition coefficient (Wildman–Crippen LogP) is 2.47. The molecule has 8 heteroatoms. The molecular weight excluding hydrogens is 373 g/mol. The van der Waals surface area contributed by atoms with Gasteiger partial charge in [0.25, 0.3) is 5.91 Å². The molecule has 2 bridgehead atoms. The summed E-state index contributed by atoms with van der Waals surface area (Å²) < 4.78 is 20.7. The molecule has 4 heterocycles. The fourth-order valence-electron chi connectivity index (χ4n) is 4.31. The van der Waals surface area contributed by atoms with Crippen LogP contribution in [0.25, 0.3) is 11.4 Å². The van der Waals surface area contributed by atoms with E-state index in [-0.39, 0.29) is 30.4 Å². The number of benzene rings is 1. The number of fused-ring (bicyclic) bond motifs is 3. The van der Waals surface area contributed by atoms with E-state index in [0.29, 0.717) is 18.7 Å². The Labute approximate surface area is 167 Å². The van der Waals surface area contributed by atoms with Gasteiger partial charge in [-0.2, -0.15) is 0 Å². The van der Waals surface area contributed by atoms with E-state index in [1.54, 1.807) is 12.4 Å². The molecule has 5 rings (SSSR count). The fourth-order valence-corrected chi connectivity index (χ4v) is 4.31. The van der Waals surface area contributed by atoms with Crippen LogP contribution < -0.4 is 4.74 Å². The minimum Gasteiger partial charge on any atom is -0.484 e. The molecule has 2 atom stereocenters. The van der Waals surface area contributed by atoms with Crippen LogP contribution in [0.15, 0.2) is 48.8 Å². The molecule has 2 aromatic heterocycles. The maximum Gasteiger partial charge on any atom is 0.261 e. The SMILES string of the molecule is O=C(COc1ccc(F)cc1)N1C2CCC1Cn1c(nnc1-c1cccnc1)C2. The molecule has 0 radical (unpaired) electrons. The summed E-state index contributed by atoms with van der Waals surface area (Å²) in [6.07, 6.45) is 6.07. The number of carbonyl (C=O) groups is 1. The molecule has 1 saturated heterocycles. The smallest absolute Gasteiger partial charge is 0.261 e. The van der Waals surface area contributed by atoms with Crippen molar-refractivity contribution >= 4 is 5.91 Å². The number of amides is 1. The summed E-state index contributed by atoms with van der Waals surface area (Å²) in [6, 6.07) is 9.72. The molecular formula is C21H20FN5O2. The summed E-state index contributed by atoms with van der Waals surface area (Å²) in [4.78, 5) is 19.1. The van der Waals surface area contributed by atoms with Gasteiger partial charge in [0.15, 0.2) is 12.4 Å². The Balaban J connectivity index is 1.34. The van der Waals surface area contributed by atoms with Gasteiger partial charge < -0.3 is 14.2 Å². The topological polar surface area (TPSA) is 73.1 Å². The summed E-state index contributed by atoms with van der Waals surface area (Å²) in [5.41, 5.74) is 0.918. The number of carbonyl (C=O) groups excluding carboxylic acids is 1. The van der Waals surface area contributed by atoms with Crippen molar-refractivity contribution in [2.75, 3.05) is 6.61 Å². The molecule has 1 amide bonds. The number of hydrogen-bond donors (Lipinski definition) is 0. The Morgan fingerprint density at radius 2 is 1.97 bits per heavy atom. The fraction of sp³-hybridized carbons (Fsp3) is 0.333. The predicted molar refractivity (Wildman–Crippen MR) is 103 cm³/mol. The Morgan fingerprint density at radius 1 is 1.14 bits per heavy atom. The van der Waals surface area contributed by atoms with Crippen molar-refractivity contribution in [1.82, 2.24) is 24.6 Å². The highest BCUT2D eigenvalue weighted by molar-refractivity contribution is 5.79. The van der Waals surface area contributed by atoms with Gasteiger partial charge in [-0.05, 0) is 49.2 Å². The van der Waals surface area contributed by atoms with Crippen molar-refractivity contribution in [3.63, 3.8) is 0 Å². The van der Waals surface area contributed by atoms with Crippen molar-refractivity contribution in [3.05, 3.63) is 60.4 Å². The third-order valence-electron chi connectivity index (χ3n) is 5.64. The second-order valence-electron chi connectivity index (χ2n) is 7.42. The van der Waals surface area contributed by atoms with Crippen LogP contribution in [0.1, 0.15) is 18.7 Å². The Kier molecular flexibility index (Phi) is 4.46. The first kappa shape index (κ1) is 17.8. The Bertz CT molecular complexity index is 1020. The number of rotatable bonds is 4. The zero-order valence-corrected chi connectivity index (χ0v) is 15.7. The molecule has 2 aliphatic heterocycles. The van der Waals surface area contributed by atoms with Crippen molar-refractivity contribution < 1.29 is 13.9 Å². The summed E-state index contributed by atoms with van der Waals surface area (Å²) in [6.45, 7) is 0.597. The number of hydrogen-bond acceptors (Lipinski definition) is 5.